The molecule has 0 saturated heterocycles. The molecule has 1 fully saturated rings. The van der Waals surface area contributed by atoms with Gasteiger partial charge in [-0.1, -0.05) is 12.8 Å². The second-order valence-electron chi connectivity index (χ2n) is 4.29. The summed E-state index contributed by atoms with van der Waals surface area (Å²) >= 11 is 0. The maximum absolute atomic E-state index is 11.5. The lowest BCUT2D eigenvalue weighted by Gasteiger charge is -2.02. The lowest BCUT2D eigenvalue weighted by molar-refractivity contribution is 0.605. The van der Waals surface area contributed by atoms with Crippen LogP contribution < -0.4 is 11.3 Å². The molecular formula is C10H13N5O. The van der Waals surface area contributed by atoms with Gasteiger partial charge >= 0.3 is 0 Å². The largest absolute Gasteiger partial charge is 0.369 e. The van der Waals surface area contributed by atoms with E-state index in [-0.39, 0.29) is 11.5 Å². The van der Waals surface area contributed by atoms with Crippen LogP contribution in [0.4, 0.5) is 5.95 Å². The van der Waals surface area contributed by atoms with Gasteiger partial charge < -0.3 is 10.3 Å². The Morgan fingerprint density at radius 2 is 2.38 bits per heavy atom. The zero-order valence-corrected chi connectivity index (χ0v) is 8.81. The first kappa shape index (κ1) is 9.38. The number of aromatic nitrogens is 4. The SMILES string of the molecule is Nc1nc2c(ncn2CCC2CC2)c(=O)[nH]1. The van der Waals surface area contributed by atoms with E-state index in [1.54, 1.807) is 6.33 Å². The van der Waals surface area contributed by atoms with Gasteiger partial charge in [0.1, 0.15) is 0 Å². The molecule has 0 radical (unpaired) electrons. The molecule has 2 aromatic rings. The average molecular weight is 219 g/mol. The van der Waals surface area contributed by atoms with Gasteiger partial charge in [-0.3, -0.25) is 9.78 Å². The van der Waals surface area contributed by atoms with Gasteiger partial charge in [-0.25, -0.2) is 4.98 Å². The Morgan fingerprint density at radius 3 is 3.12 bits per heavy atom. The van der Waals surface area contributed by atoms with E-state index < -0.39 is 0 Å². The van der Waals surface area contributed by atoms with E-state index in [2.05, 4.69) is 15.0 Å². The van der Waals surface area contributed by atoms with Gasteiger partial charge in [0.15, 0.2) is 11.2 Å². The molecule has 0 atom stereocenters. The van der Waals surface area contributed by atoms with Crippen LogP contribution in [0.15, 0.2) is 11.1 Å². The topological polar surface area (TPSA) is 89.6 Å². The van der Waals surface area contributed by atoms with Crippen LogP contribution >= 0.6 is 0 Å². The molecule has 0 bridgehead atoms. The molecular weight excluding hydrogens is 206 g/mol. The summed E-state index contributed by atoms with van der Waals surface area (Å²) < 4.78 is 1.90. The summed E-state index contributed by atoms with van der Waals surface area (Å²) in [7, 11) is 0. The Kier molecular flexibility index (Phi) is 1.95. The Labute approximate surface area is 91.5 Å². The van der Waals surface area contributed by atoms with Crippen molar-refractivity contribution in [2.24, 2.45) is 5.92 Å². The van der Waals surface area contributed by atoms with Gasteiger partial charge in [-0.15, -0.1) is 0 Å². The first-order valence-corrected chi connectivity index (χ1v) is 5.44. The summed E-state index contributed by atoms with van der Waals surface area (Å²) in [6.07, 6.45) is 5.43. The minimum atomic E-state index is -0.271. The number of nitrogens with one attached hydrogen (secondary N) is 1. The fourth-order valence-corrected chi connectivity index (χ4v) is 1.86. The smallest absolute Gasteiger partial charge is 0.280 e. The summed E-state index contributed by atoms with van der Waals surface area (Å²) in [4.78, 5) is 22.1. The van der Waals surface area contributed by atoms with Gasteiger partial charge in [0.25, 0.3) is 5.56 Å². The number of rotatable bonds is 3. The van der Waals surface area contributed by atoms with E-state index in [4.69, 9.17) is 5.73 Å². The third-order valence-electron chi connectivity index (χ3n) is 2.97. The van der Waals surface area contributed by atoms with Gasteiger partial charge in [0.05, 0.1) is 6.33 Å². The Balaban J connectivity index is 2.00. The van der Waals surface area contributed by atoms with Gasteiger partial charge in [-0.05, 0) is 12.3 Å². The van der Waals surface area contributed by atoms with Crippen LogP contribution in [0.25, 0.3) is 11.2 Å². The first-order chi connectivity index (χ1) is 7.74. The van der Waals surface area contributed by atoms with Crippen molar-refractivity contribution >= 4 is 17.1 Å². The molecule has 0 spiro atoms. The van der Waals surface area contributed by atoms with Crippen molar-refractivity contribution < 1.29 is 0 Å². The summed E-state index contributed by atoms with van der Waals surface area (Å²) in [5, 5.41) is 0. The van der Waals surface area contributed by atoms with Crippen LogP contribution in [0, 0.1) is 5.92 Å². The standard InChI is InChI=1S/C10H13N5O/c11-10-13-8-7(9(16)14-10)12-5-15(8)4-3-6-1-2-6/h5-6H,1-4H2,(H3,11,13,14,16). The fourth-order valence-electron chi connectivity index (χ4n) is 1.86. The number of nitrogens with two attached hydrogens (primary N) is 1. The van der Waals surface area contributed by atoms with E-state index in [9.17, 15) is 4.79 Å². The van der Waals surface area contributed by atoms with Crippen LogP contribution in [0.3, 0.4) is 0 Å². The number of hydrogen-bond acceptors (Lipinski definition) is 4. The molecule has 1 saturated carbocycles. The number of aryl methyl sites for hydroxylation is 1. The molecule has 1 aliphatic carbocycles. The minimum Gasteiger partial charge on any atom is -0.369 e. The zero-order valence-electron chi connectivity index (χ0n) is 8.81. The Hall–Kier alpha value is -1.85. The van der Waals surface area contributed by atoms with Crippen LogP contribution in [-0.2, 0) is 6.54 Å². The molecule has 6 heteroatoms. The zero-order chi connectivity index (χ0) is 11.1. The van der Waals surface area contributed by atoms with Crippen molar-refractivity contribution in [2.45, 2.75) is 25.8 Å². The summed E-state index contributed by atoms with van der Waals surface area (Å²) in [6, 6.07) is 0. The van der Waals surface area contributed by atoms with Crippen molar-refractivity contribution in [3.63, 3.8) is 0 Å². The third kappa shape index (κ3) is 1.56. The summed E-state index contributed by atoms with van der Waals surface area (Å²) in [5.41, 5.74) is 6.19. The second kappa shape index (κ2) is 3.33. The number of nitrogen functional groups attached to an aromatic ring is 1. The quantitative estimate of drug-likeness (QED) is 0.786. The molecule has 3 rings (SSSR count). The molecule has 3 N–H and O–H groups in total. The fraction of sp³-hybridized carbons (Fsp3) is 0.500. The number of fused-ring (bicyclic) bond motifs is 1. The second-order valence-corrected chi connectivity index (χ2v) is 4.29. The van der Waals surface area contributed by atoms with E-state index in [1.165, 1.54) is 12.8 Å². The molecule has 2 heterocycles. The van der Waals surface area contributed by atoms with E-state index in [0.717, 1.165) is 18.9 Å². The Morgan fingerprint density at radius 1 is 1.56 bits per heavy atom. The number of aromatic amines is 1. The van der Waals surface area contributed by atoms with Gasteiger partial charge in [0, 0.05) is 6.54 Å². The maximum Gasteiger partial charge on any atom is 0.280 e. The number of anilines is 1. The highest BCUT2D eigenvalue weighted by atomic mass is 16.1. The highest BCUT2D eigenvalue weighted by Crippen LogP contribution is 2.32. The third-order valence-corrected chi connectivity index (χ3v) is 2.97. The predicted octanol–water partition coefficient (Wildman–Crippen LogP) is 0.502. The molecule has 1 aliphatic rings. The van der Waals surface area contributed by atoms with E-state index in [1.807, 2.05) is 4.57 Å². The molecule has 2 aromatic heterocycles. The Bertz CT molecular complexity index is 580. The summed E-state index contributed by atoms with van der Waals surface area (Å²) in [6.45, 7) is 0.858. The number of imidazole rings is 1. The molecule has 0 aromatic carbocycles. The van der Waals surface area contributed by atoms with Gasteiger partial charge in [-0.2, -0.15) is 4.98 Å². The van der Waals surface area contributed by atoms with Crippen LogP contribution in [-0.4, -0.2) is 19.5 Å². The highest BCUT2D eigenvalue weighted by molar-refractivity contribution is 5.70. The predicted molar refractivity (Wildman–Crippen MR) is 59.9 cm³/mol. The lowest BCUT2D eigenvalue weighted by Crippen LogP contribution is -2.12. The van der Waals surface area contributed by atoms with Crippen molar-refractivity contribution in [1.82, 2.24) is 19.5 Å². The maximum atomic E-state index is 11.5. The molecule has 0 aliphatic heterocycles. The first-order valence-electron chi connectivity index (χ1n) is 5.44. The molecule has 16 heavy (non-hydrogen) atoms. The normalized spacial score (nSPS) is 15.8. The highest BCUT2D eigenvalue weighted by Gasteiger charge is 2.21. The van der Waals surface area contributed by atoms with E-state index in [0.29, 0.717) is 11.2 Å². The van der Waals surface area contributed by atoms with Crippen molar-refractivity contribution in [3.8, 4) is 0 Å². The lowest BCUT2D eigenvalue weighted by atomic mass is 10.3. The van der Waals surface area contributed by atoms with Crippen molar-refractivity contribution in [2.75, 3.05) is 5.73 Å². The molecule has 0 amide bonds. The number of H-pyrrole nitrogens is 1. The van der Waals surface area contributed by atoms with Crippen molar-refractivity contribution in [1.29, 1.82) is 0 Å². The monoisotopic (exact) mass is 219 g/mol. The van der Waals surface area contributed by atoms with Crippen LogP contribution in [0.2, 0.25) is 0 Å². The summed E-state index contributed by atoms with van der Waals surface area (Å²) in [5.74, 6) is 0.988. The molecule has 6 nitrogen and oxygen atoms in total. The van der Waals surface area contributed by atoms with Crippen LogP contribution in [0.5, 0.6) is 0 Å². The molecule has 84 valence electrons. The van der Waals surface area contributed by atoms with Crippen molar-refractivity contribution in [3.05, 3.63) is 16.7 Å². The van der Waals surface area contributed by atoms with Crippen LogP contribution in [0.1, 0.15) is 19.3 Å². The van der Waals surface area contributed by atoms with E-state index >= 15 is 0 Å². The number of hydrogen-bond donors (Lipinski definition) is 2. The molecule has 0 unspecified atom stereocenters. The minimum absolute atomic E-state index is 0.144. The average Bonchev–Trinajstić information content (AvgIpc) is 2.97. The number of nitrogens with zero attached hydrogens (tertiary/aromatic N) is 3. The van der Waals surface area contributed by atoms with Gasteiger partial charge in [0.2, 0.25) is 5.95 Å².